The van der Waals surface area contributed by atoms with Crippen molar-refractivity contribution in [2.75, 3.05) is 5.75 Å². The number of fused-ring (bicyclic) bond motifs is 1. The molecule has 114 valence electrons. The fraction of sp³-hybridized carbons (Fsp3) is 0.0588. The molecule has 2 aromatic carbocycles. The first-order valence-corrected chi connectivity index (χ1v) is 8.05. The lowest BCUT2D eigenvalue weighted by atomic mass is 10.2. The quantitative estimate of drug-likeness (QED) is 0.764. The predicted molar refractivity (Wildman–Crippen MR) is 91.8 cm³/mol. The van der Waals surface area contributed by atoms with E-state index >= 15 is 0 Å². The number of rotatable bonds is 2. The lowest BCUT2D eigenvalue weighted by Gasteiger charge is -2.12. The van der Waals surface area contributed by atoms with Crippen molar-refractivity contribution in [1.82, 2.24) is 5.43 Å². The van der Waals surface area contributed by atoms with Gasteiger partial charge < -0.3 is 4.42 Å². The molecule has 0 atom stereocenters. The van der Waals surface area contributed by atoms with Crippen LogP contribution in [-0.4, -0.2) is 16.6 Å². The van der Waals surface area contributed by atoms with Gasteiger partial charge in [0.15, 0.2) is 10.9 Å². The molecule has 1 aromatic heterocycles. The molecule has 4 nitrogen and oxygen atoms in total. The molecule has 3 aromatic rings. The van der Waals surface area contributed by atoms with Gasteiger partial charge in [0.25, 0.3) is 0 Å². The van der Waals surface area contributed by atoms with Crippen LogP contribution in [-0.2, 0) is 0 Å². The van der Waals surface area contributed by atoms with Crippen LogP contribution in [0.15, 0.2) is 69.1 Å². The standard InChI is InChI=1S/C17H12FN3OS/c18-12-5-7-13(8-6-12)19-17-21-20-14(10-23-17)16-9-11-3-1-2-4-15(11)22-16/h1-9H,10H2,(H,19,21). The Morgan fingerprint density at radius 2 is 1.96 bits per heavy atom. The van der Waals surface area contributed by atoms with Crippen molar-refractivity contribution in [2.24, 2.45) is 10.1 Å². The van der Waals surface area contributed by atoms with Crippen molar-refractivity contribution in [3.8, 4) is 0 Å². The first kappa shape index (κ1) is 14.0. The van der Waals surface area contributed by atoms with E-state index in [-0.39, 0.29) is 5.82 Å². The van der Waals surface area contributed by atoms with Crippen molar-refractivity contribution in [3.63, 3.8) is 0 Å². The zero-order valence-corrected chi connectivity index (χ0v) is 12.8. The Bertz CT molecular complexity index is 882. The number of furan rings is 1. The average Bonchev–Trinajstić information content (AvgIpc) is 3.02. The highest BCUT2D eigenvalue weighted by Gasteiger charge is 2.16. The molecule has 2 heterocycles. The van der Waals surface area contributed by atoms with Crippen LogP contribution in [0.25, 0.3) is 11.0 Å². The summed E-state index contributed by atoms with van der Waals surface area (Å²) in [7, 11) is 0. The Labute approximate surface area is 136 Å². The van der Waals surface area contributed by atoms with Crippen LogP contribution >= 0.6 is 11.8 Å². The number of para-hydroxylation sites is 1. The van der Waals surface area contributed by atoms with E-state index in [1.165, 1.54) is 23.9 Å². The lowest BCUT2D eigenvalue weighted by Crippen LogP contribution is -2.24. The van der Waals surface area contributed by atoms with E-state index in [9.17, 15) is 4.39 Å². The van der Waals surface area contributed by atoms with Crippen LogP contribution in [0.4, 0.5) is 10.1 Å². The summed E-state index contributed by atoms with van der Waals surface area (Å²) in [5, 5.41) is 6.07. The van der Waals surface area contributed by atoms with E-state index in [1.54, 1.807) is 12.1 Å². The van der Waals surface area contributed by atoms with Gasteiger partial charge in [0.2, 0.25) is 0 Å². The second-order valence-electron chi connectivity index (χ2n) is 5.00. The normalized spacial score (nSPS) is 16.4. The van der Waals surface area contributed by atoms with Gasteiger partial charge in [0.05, 0.1) is 5.69 Å². The predicted octanol–water partition coefficient (Wildman–Crippen LogP) is 4.30. The van der Waals surface area contributed by atoms with Gasteiger partial charge in [-0.25, -0.2) is 9.38 Å². The highest BCUT2D eigenvalue weighted by molar-refractivity contribution is 8.14. The molecule has 6 heteroatoms. The first-order chi connectivity index (χ1) is 11.3. The average molecular weight is 325 g/mol. The van der Waals surface area contributed by atoms with Gasteiger partial charge >= 0.3 is 0 Å². The van der Waals surface area contributed by atoms with E-state index in [1.807, 2.05) is 30.3 Å². The van der Waals surface area contributed by atoms with Crippen LogP contribution in [0, 0.1) is 5.82 Å². The van der Waals surface area contributed by atoms with Gasteiger partial charge in [-0.3, -0.25) is 5.43 Å². The Balaban J connectivity index is 1.55. The van der Waals surface area contributed by atoms with Crippen LogP contribution in [0.1, 0.15) is 5.76 Å². The molecule has 1 N–H and O–H groups in total. The summed E-state index contributed by atoms with van der Waals surface area (Å²) in [6.07, 6.45) is 0. The molecular formula is C17H12FN3OS. The van der Waals surface area contributed by atoms with Gasteiger partial charge in [-0.1, -0.05) is 30.0 Å². The van der Waals surface area contributed by atoms with Gasteiger partial charge in [-0.15, -0.1) is 0 Å². The van der Waals surface area contributed by atoms with E-state index in [0.717, 1.165) is 22.4 Å². The van der Waals surface area contributed by atoms with Crippen LogP contribution in [0.5, 0.6) is 0 Å². The summed E-state index contributed by atoms with van der Waals surface area (Å²) < 4.78 is 18.7. The number of hydrogen-bond donors (Lipinski definition) is 1. The number of thioether (sulfide) groups is 1. The van der Waals surface area contributed by atoms with Crippen molar-refractivity contribution in [1.29, 1.82) is 0 Å². The molecule has 0 unspecified atom stereocenters. The number of hydrogen-bond acceptors (Lipinski definition) is 4. The zero-order valence-electron chi connectivity index (χ0n) is 12.0. The minimum absolute atomic E-state index is 0.275. The SMILES string of the molecule is Fc1ccc(N=C2NN=C(c3cc4ccccc4o3)CS2)cc1. The molecule has 0 aliphatic carbocycles. The number of benzene rings is 2. The summed E-state index contributed by atoms with van der Waals surface area (Å²) >= 11 is 1.53. The summed E-state index contributed by atoms with van der Waals surface area (Å²) in [6.45, 7) is 0. The molecule has 0 fully saturated rings. The molecule has 0 spiro atoms. The smallest absolute Gasteiger partial charge is 0.182 e. The monoisotopic (exact) mass is 325 g/mol. The van der Waals surface area contributed by atoms with Crippen molar-refractivity contribution in [2.45, 2.75) is 0 Å². The van der Waals surface area contributed by atoms with E-state index < -0.39 is 0 Å². The van der Waals surface area contributed by atoms with Crippen LogP contribution in [0.3, 0.4) is 0 Å². The molecule has 4 rings (SSSR count). The van der Waals surface area contributed by atoms with Gasteiger partial charge in [0, 0.05) is 11.1 Å². The third kappa shape index (κ3) is 2.98. The largest absolute Gasteiger partial charge is 0.455 e. The molecule has 0 amide bonds. The molecule has 1 aliphatic rings. The second-order valence-corrected chi connectivity index (χ2v) is 5.96. The number of nitrogens with zero attached hydrogens (tertiary/aromatic N) is 2. The highest BCUT2D eigenvalue weighted by Crippen LogP contribution is 2.23. The third-order valence-electron chi connectivity index (χ3n) is 3.40. The topological polar surface area (TPSA) is 49.9 Å². The molecule has 0 bridgehead atoms. The van der Waals surface area contributed by atoms with Crippen molar-refractivity contribution >= 4 is 39.3 Å². The summed E-state index contributed by atoms with van der Waals surface area (Å²) in [6, 6.07) is 15.9. The summed E-state index contributed by atoms with van der Waals surface area (Å²) in [4.78, 5) is 4.39. The summed E-state index contributed by atoms with van der Waals surface area (Å²) in [5.41, 5.74) is 5.29. The Hall–Kier alpha value is -2.60. The first-order valence-electron chi connectivity index (χ1n) is 7.06. The number of aliphatic imine (C=N–C) groups is 1. The number of halogens is 1. The summed E-state index contributed by atoms with van der Waals surface area (Å²) in [5.74, 6) is 1.14. The lowest BCUT2D eigenvalue weighted by molar-refractivity contribution is 0.603. The minimum Gasteiger partial charge on any atom is -0.455 e. The zero-order chi connectivity index (χ0) is 15.6. The number of hydrazone groups is 1. The van der Waals surface area contributed by atoms with E-state index in [2.05, 4.69) is 15.5 Å². The molecular weight excluding hydrogens is 313 g/mol. The molecule has 1 aliphatic heterocycles. The van der Waals surface area contributed by atoms with Crippen molar-refractivity contribution in [3.05, 3.63) is 66.2 Å². The van der Waals surface area contributed by atoms with Crippen LogP contribution in [0.2, 0.25) is 0 Å². The third-order valence-corrected chi connectivity index (χ3v) is 4.27. The number of amidine groups is 1. The highest BCUT2D eigenvalue weighted by atomic mass is 32.2. The number of nitrogens with one attached hydrogen (secondary N) is 1. The van der Waals surface area contributed by atoms with Gasteiger partial charge in [0.1, 0.15) is 17.1 Å². The van der Waals surface area contributed by atoms with Gasteiger partial charge in [-0.2, -0.15) is 5.10 Å². The Morgan fingerprint density at radius 1 is 1.13 bits per heavy atom. The van der Waals surface area contributed by atoms with Gasteiger partial charge in [-0.05, 0) is 36.4 Å². The maximum absolute atomic E-state index is 12.9. The Morgan fingerprint density at radius 3 is 2.70 bits per heavy atom. The van der Waals surface area contributed by atoms with Crippen LogP contribution < -0.4 is 5.43 Å². The molecule has 0 saturated carbocycles. The fourth-order valence-corrected chi connectivity index (χ4v) is 3.02. The fourth-order valence-electron chi connectivity index (χ4n) is 2.26. The molecule has 0 saturated heterocycles. The Kier molecular flexibility index (Phi) is 3.59. The maximum Gasteiger partial charge on any atom is 0.182 e. The van der Waals surface area contributed by atoms with E-state index in [0.29, 0.717) is 16.6 Å². The second kappa shape index (κ2) is 5.89. The van der Waals surface area contributed by atoms with E-state index in [4.69, 9.17) is 4.42 Å². The minimum atomic E-state index is -0.275. The molecule has 23 heavy (non-hydrogen) atoms. The maximum atomic E-state index is 12.9. The van der Waals surface area contributed by atoms with Crippen molar-refractivity contribution < 1.29 is 8.81 Å². The molecule has 0 radical (unpaired) electrons.